The molecule has 4 aromatic carbocycles. The summed E-state index contributed by atoms with van der Waals surface area (Å²) in [7, 11) is 0. The Hall–Kier alpha value is -3.77. The molecule has 0 aliphatic carbocycles. The first kappa shape index (κ1) is 19.2. The van der Waals surface area contributed by atoms with E-state index in [0.717, 1.165) is 24.5 Å². The van der Waals surface area contributed by atoms with E-state index in [1.807, 2.05) is 18.2 Å². The van der Waals surface area contributed by atoms with Crippen LogP contribution in [0.1, 0.15) is 24.0 Å². The van der Waals surface area contributed by atoms with Gasteiger partial charge in [-0.2, -0.15) is 5.26 Å². The van der Waals surface area contributed by atoms with Crippen LogP contribution >= 0.6 is 0 Å². The van der Waals surface area contributed by atoms with Crippen molar-refractivity contribution in [3.05, 3.63) is 102 Å². The van der Waals surface area contributed by atoms with Crippen LogP contribution in [0.4, 0.5) is 5.69 Å². The predicted molar refractivity (Wildman–Crippen MR) is 126 cm³/mol. The Morgan fingerprint density at radius 3 is 2.55 bits per heavy atom. The fourth-order valence-electron chi connectivity index (χ4n) is 4.57. The molecule has 0 amide bonds. The van der Waals surface area contributed by atoms with Gasteiger partial charge >= 0.3 is 0 Å². The Morgan fingerprint density at radius 1 is 0.871 bits per heavy atom. The van der Waals surface area contributed by atoms with Crippen LogP contribution in [-0.2, 0) is 6.42 Å². The van der Waals surface area contributed by atoms with E-state index < -0.39 is 0 Å². The highest BCUT2D eigenvalue weighted by molar-refractivity contribution is 5.94. The van der Waals surface area contributed by atoms with Gasteiger partial charge in [0, 0.05) is 23.7 Å². The fourth-order valence-corrected chi connectivity index (χ4v) is 4.57. The molecule has 1 unspecified atom stereocenters. The summed E-state index contributed by atoms with van der Waals surface area (Å²) in [5, 5.41) is 11.6. The molecule has 1 heterocycles. The minimum absolute atomic E-state index is 0.482. The van der Waals surface area contributed by atoms with Gasteiger partial charge in [0.05, 0.1) is 11.6 Å². The van der Waals surface area contributed by atoms with E-state index in [-0.39, 0.29) is 0 Å². The second-order valence-electron chi connectivity index (χ2n) is 8.08. The lowest BCUT2D eigenvalue weighted by molar-refractivity contribution is 0.481. The maximum absolute atomic E-state index is 8.96. The van der Waals surface area contributed by atoms with Crippen LogP contribution in [0.25, 0.3) is 10.8 Å². The van der Waals surface area contributed by atoms with E-state index in [9.17, 15) is 0 Å². The third kappa shape index (κ3) is 4.11. The fraction of sp³-hybridized carbons (Fsp3) is 0.179. The zero-order chi connectivity index (χ0) is 21.0. The highest BCUT2D eigenvalue weighted by atomic mass is 16.5. The summed E-state index contributed by atoms with van der Waals surface area (Å²) in [4.78, 5) is 2.58. The van der Waals surface area contributed by atoms with E-state index in [2.05, 4.69) is 71.6 Å². The lowest BCUT2D eigenvalue weighted by Crippen LogP contribution is -2.31. The number of hydrogen-bond acceptors (Lipinski definition) is 3. The molecule has 0 N–H and O–H groups in total. The number of ether oxygens (including phenoxy) is 1. The Morgan fingerprint density at radius 2 is 1.68 bits per heavy atom. The number of rotatable bonds is 5. The Labute approximate surface area is 183 Å². The van der Waals surface area contributed by atoms with E-state index in [1.54, 1.807) is 12.1 Å². The van der Waals surface area contributed by atoms with Gasteiger partial charge in [-0.1, -0.05) is 48.5 Å². The quantitative estimate of drug-likeness (QED) is 0.371. The smallest absolute Gasteiger partial charge is 0.127 e. The highest BCUT2D eigenvalue weighted by Crippen LogP contribution is 2.34. The van der Waals surface area contributed by atoms with Crippen molar-refractivity contribution in [3.63, 3.8) is 0 Å². The second-order valence-corrected chi connectivity index (χ2v) is 8.08. The second kappa shape index (κ2) is 8.53. The van der Waals surface area contributed by atoms with Crippen molar-refractivity contribution in [2.75, 3.05) is 11.4 Å². The van der Waals surface area contributed by atoms with E-state index in [4.69, 9.17) is 10.00 Å². The third-order valence-corrected chi connectivity index (χ3v) is 6.04. The first-order chi connectivity index (χ1) is 15.3. The van der Waals surface area contributed by atoms with Crippen molar-refractivity contribution in [3.8, 4) is 17.6 Å². The molecule has 3 heteroatoms. The Bertz CT molecular complexity index is 1230. The molecule has 0 spiro atoms. The van der Waals surface area contributed by atoms with Crippen molar-refractivity contribution < 1.29 is 4.74 Å². The summed E-state index contributed by atoms with van der Waals surface area (Å²) in [5.41, 5.74) is 3.25. The average Bonchev–Trinajstić information content (AvgIpc) is 3.27. The zero-order valence-electron chi connectivity index (χ0n) is 17.4. The normalized spacial score (nSPS) is 15.7. The largest absolute Gasteiger partial charge is 0.457 e. The van der Waals surface area contributed by atoms with Crippen molar-refractivity contribution in [2.45, 2.75) is 25.3 Å². The number of anilines is 1. The van der Waals surface area contributed by atoms with Gasteiger partial charge in [-0.05, 0) is 72.7 Å². The molecule has 0 bridgehead atoms. The molecular weight excluding hydrogens is 380 g/mol. The van der Waals surface area contributed by atoms with Crippen molar-refractivity contribution in [2.24, 2.45) is 0 Å². The molecule has 31 heavy (non-hydrogen) atoms. The molecule has 5 rings (SSSR count). The lowest BCUT2D eigenvalue weighted by atomic mass is 10.0. The first-order valence-electron chi connectivity index (χ1n) is 10.8. The van der Waals surface area contributed by atoms with E-state index in [0.29, 0.717) is 11.6 Å². The molecule has 1 atom stereocenters. The minimum atomic E-state index is 0.482. The van der Waals surface area contributed by atoms with Gasteiger partial charge in [0.2, 0.25) is 0 Å². The highest BCUT2D eigenvalue weighted by Gasteiger charge is 2.26. The van der Waals surface area contributed by atoms with Crippen molar-refractivity contribution >= 4 is 16.5 Å². The number of fused-ring (bicyclic) bond motifs is 1. The van der Waals surface area contributed by atoms with Crippen LogP contribution in [0.3, 0.4) is 0 Å². The number of benzene rings is 4. The topological polar surface area (TPSA) is 36.3 Å². The Kier molecular flexibility index (Phi) is 5.29. The molecule has 1 aliphatic heterocycles. The van der Waals surface area contributed by atoms with Crippen LogP contribution in [0.2, 0.25) is 0 Å². The third-order valence-electron chi connectivity index (χ3n) is 6.04. The number of nitriles is 1. The Balaban J connectivity index is 1.35. The molecule has 1 saturated heterocycles. The van der Waals surface area contributed by atoms with Gasteiger partial charge in [-0.25, -0.2) is 0 Å². The van der Waals surface area contributed by atoms with Crippen LogP contribution in [0, 0.1) is 11.3 Å². The summed E-state index contributed by atoms with van der Waals surface area (Å²) in [6.45, 7) is 1.10. The van der Waals surface area contributed by atoms with Gasteiger partial charge in [0.1, 0.15) is 11.5 Å². The van der Waals surface area contributed by atoms with E-state index >= 15 is 0 Å². The average molecular weight is 405 g/mol. The van der Waals surface area contributed by atoms with Gasteiger partial charge in [0.15, 0.2) is 0 Å². The summed E-state index contributed by atoms with van der Waals surface area (Å²) in [6, 6.07) is 33.5. The molecule has 0 radical (unpaired) electrons. The van der Waals surface area contributed by atoms with E-state index in [1.165, 1.54) is 34.9 Å². The number of hydrogen-bond donors (Lipinski definition) is 0. The molecule has 152 valence electrons. The summed E-state index contributed by atoms with van der Waals surface area (Å²) in [5.74, 6) is 1.58. The maximum Gasteiger partial charge on any atom is 0.127 e. The van der Waals surface area contributed by atoms with Gasteiger partial charge < -0.3 is 9.64 Å². The molecule has 4 aromatic rings. The maximum atomic E-state index is 8.96. The number of nitrogens with zero attached hydrogens (tertiary/aromatic N) is 2. The lowest BCUT2D eigenvalue weighted by Gasteiger charge is -2.28. The van der Waals surface area contributed by atoms with Crippen molar-refractivity contribution in [1.82, 2.24) is 0 Å². The minimum Gasteiger partial charge on any atom is -0.457 e. The first-order valence-corrected chi connectivity index (χ1v) is 10.8. The van der Waals surface area contributed by atoms with Gasteiger partial charge in [-0.3, -0.25) is 0 Å². The molecule has 0 saturated carbocycles. The summed E-state index contributed by atoms with van der Waals surface area (Å²) < 4.78 is 6.03. The molecule has 3 nitrogen and oxygen atoms in total. The van der Waals surface area contributed by atoms with Crippen LogP contribution in [0.5, 0.6) is 11.5 Å². The van der Waals surface area contributed by atoms with Crippen LogP contribution < -0.4 is 9.64 Å². The monoisotopic (exact) mass is 404 g/mol. The standard InChI is InChI=1S/C28H24N2O/c29-20-21-13-15-25(16-14-21)31-26-10-3-6-22(19-26)18-24-9-5-17-30(24)28-12-4-8-23-7-1-2-11-27(23)28/h1-4,6-8,10-16,19,24H,5,9,17-18H2. The zero-order valence-corrected chi connectivity index (χ0v) is 17.4. The summed E-state index contributed by atoms with van der Waals surface area (Å²) in [6.07, 6.45) is 3.41. The van der Waals surface area contributed by atoms with Crippen molar-refractivity contribution in [1.29, 1.82) is 5.26 Å². The van der Waals surface area contributed by atoms with Gasteiger partial charge in [-0.15, -0.1) is 0 Å². The predicted octanol–water partition coefficient (Wildman–Crippen LogP) is 6.72. The molecular formula is C28H24N2O. The molecule has 1 aliphatic rings. The molecule has 0 aromatic heterocycles. The van der Waals surface area contributed by atoms with Crippen LogP contribution in [0.15, 0.2) is 91.0 Å². The SMILES string of the molecule is N#Cc1ccc(Oc2cccc(CC3CCCN3c3cccc4ccccc34)c2)cc1. The molecule has 1 fully saturated rings. The van der Waals surface area contributed by atoms with Crippen LogP contribution in [-0.4, -0.2) is 12.6 Å². The van der Waals surface area contributed by atoms with Gasteiger partial charge in [0.25, 0.3) is 0 Å². The summed E-state index contributed by atoms with van der Waals surface area (Å²) >= 11 is 0.